The zero-order valence-electron chi connectivity index (χ0n) is 25.1. The Balaban J connectivity index is 1.32. The van der Waals surface area contributed by atoms with Crippen LogP contribution in [0.3, 0.4) is 0 Å². The number of hydrogen-bond acceptors (Lipinski definition) is 2. The van der Waals surface area contributed by atoms with Gasteiger partial charge < -0.3 is 9.32 Å². The molecule has 0 bridgehead atoms. The Morgan fingerprint density at radius 1 is 0.370 bits per heavy atom. The largest absolute Gasteiger partial charge is 0.455 e. The molecule has 2 nitrogen and oxygen atoms in total. The number of furan rings is 1. The average molecular weight is 588 g/mol. The van der Waals surface area contributed by atoms with E-state index >= 15 is 0 Å². The standard InChI is InChI=1S/C44H29NO/c1-3-12-30(13-4-1)31-22-24-33(25-23-31)37-28-29-40(43-38-19-9-10-21-41(38)46-44(37)43)45(35-16-5-2-6-17-35)39-20-11-15-34-27-26-32-14-7-8-18-36(32)42(34)39/h1-29H. The third-order valence-corrected chi connectivity index (χ3v) is 9.05. The maximum Gasteiger partial charge on any atom is 0.145 e. The zero-order valence-corrected chi connectivity index (χ0v) is 25.1. The van der Waals surface area contributed by atoms with Gasteiger partial charge in [0.15, 0.2) is 0 Å². The highest BCUT2D eigenvalue weighted by atomic mass is 16.3. The second kappa shape index (κ2) is 10.8. The summed E-state index contributed by atoms with van der Waals surface area (Å²) in [7, 11) is 0. The van der Waals surface area contributed by atoms with Crippen LogP contribution in [-0.4, -0.2) is 0 Å². The average Bonchev–Trinajstić information content (AvgIpc) is 3.53. The van der Waals surface area contributed by atoms with Crippen molar-refractivity contribution in [1.82, 2.24) is 0 Å². The second-order valence-electron chi connectivity index (χ2n) is 11.7. The molecule has 1 heterocycles. The SMILES string of the molecule is c1ccc(-c2ccc(-c3ccc(N(c4ccccc4)c4cccc5ccc6ccccc6c45)c4c3oc3ccccc34)cc2)cc1. The van der Waals surface area contributed by atoms with Crippen molar-refractivity contribution in [2.45, 2.75) is 0 Å². The molecule has 2 heteroatoms. The maximum absolute atomic E-state index is 6.75. The molecule has 0 aliphatic rings. The first-order chi connectivity index (χ1) is 22.8. The molecule has 0 unspecified atom stereocenters. The lowest BCUT2D eigenvalue weighted by molar-refractivity contribution is 0.670. The Bertz CT molecular complexity index is 2510. The van der Waals surface area contributed by atoms with E-state index in [1.165, 1.54) is 32.7 Å². The van der Waals surface area contributed by atoms with Gasteiger partial charge in [-0.2, -0.15) is 0 Å². The third kappa shape index (κ3) is 4.27. The van der Waals surface area contributed by atoms with Crippen LogP contribution in [-0.2, 0) is 0 Å². The van der Waals surface area contributed by atoms with E-state index < -0.39 is 0 Å². The van der Waals surface area contributed by atoms with Gasteiger partial charge in [-0.3, -0.25) is 0 Å². The van der Waals surface area contributed by atoms with Crippen molar-refractivity contribution < 1.29 is 4.42 Å². The lowest BCUT2D eigenvalue weighted by Gasteiger charge is -2.28. The van der Waals surface area contributed by atoms with Gasteiger partial charge in [0.2, 0.25) is 0 Å². The predicted octanol–water partition coefficient (Wildman–Crippen LogP) is 12.7. The molecule has 0 radical (unpaired) electrons. The number of para-hydroxylation sites is 2. The van der Waals surface area contributed by atoms with Crippen molar-refractivity contribution in [2.24, 2.45) is 0 Å². The molecule has 0 saturated heterocycles. The minimum Gasteiger partial charge on any atom is -0.455 e. The summed E-state index contributed by atoms with van der Waals surface area (Å²) in [5.74, 6) is 0. The summed E-state index contributed by atoms with van der Waals surface area (Å²) >= 11 is 0. The molecule has 0 N–H and O–H groups in total. The first kappa shape index (κ1) is 26.3. The first-order valence-corrected chi connectivity index (χ1v) is 15.7. The van der Waals surface area contributed by atoms with Crippen molar-refractivity contribution in [2.75, 3.05) is 4.90 Å². The van der Waals surface area contributed by atoms with Gasteiger partial charge in [0, 0.05) is 22.0 Å². The van der Waals surface area contributed by atoms with Crippen molar-refractivity contribution in [3.63, 3.8) is 0 Å². The molecule has 216 valence electrons. The van der Waals surface area contributed by atoms with E-state index in [2.05, 4.69) is 175 Å². The number of fused-ring (bicyclic) bond motifs is 6. The van der Waals surface area contributed by atoms with Gasteiger partial charge >= 0.3 is 0 Å². The van der Waals surface area contributed by atoms with Crippen LogP contribution in [0.5, 0.6) is 0 Å². The molecular formula is C44H29NO. The van der Waals surface area contributed by atoms with Gasteiger partial charge in [0.25, 0.3) is 0 Å². The normalized spacial score (nSPS) is 11.5. The highest BCUT2D eigenvalue weighted by molar-refractivity contribution is 6.20. The van der Waals surface area contributed by atoms with Crippen LogP contribution in [0.2, 0.25) is 0 Å². The van der Waals surface area contributed by atoms with E-state index in [4.69, 9.17) is 4.42 Å². The molecule has 0 saturated carbocycles. The fraction of sp³-hybridized carbons (Fsp3) is 0. The number of benzene rings is 8. The number of nitrogens with zero attached hydrogens (tertiary/aromatic N) is 1. The summed E-state index contributed by atoms with van der Waals surface area (Å²) in [6.45, 7) is 0. The molecule has 9 rings (SSSR count). The zero-order chi connectivity index (χ0) is 30.5. The van der Waals surface area contributed by atoms with E-state index in [0.717, 1.165) is 50.1 Å². The third-order valence-electron chi connectivity index (χ3n) is 9.05. The van der Waals surface area contributed by atoms with Gasteiger partial charge in [-0.05, 0) is 69.2 Å². The molecular weight excluding hydrogens is 558 g/mol. The maximum atomic E-state index is 6.75. The summed E-state index contributed by atoms with van der Waals surface area (Å²) in [4.78, 5) is 2.40. The Kier molecular flexibility index (Phi) is 6.17. The van der Waals surface area contributed by atoms with E-state index in [1.54, 1.807) is 0 Å². The highest BCUT2D eigenvalue weighted by Crippen LogP contribution is 2.48. The molecule has 9 aromatic rings. The minimum atomic E-state index is 0.878. The fourth-order valence-corrected chi connectivity index (χ4v) is 6.91. The van der Waals surface area contributed by atoms with Crippen LogP contribution < -0.4 is 4.90 Å². The topological polar surface area (TPSA) is 16.4 Å². The van der Waals surface area contributed by atoms with Crippen LogP contribution in [0.15, 0.2) is 180 Å². The first-order valence-electron chi connectivity index (χ1n) is 15.7. The summed E-state index contributed by atoms with van der Waals surface area (Å²) in [6, 6.07) is 62.6. The Hall–Kier alpha value is -6.12. The van der Waals surface area contributed by atoms with Gasteiger partial charge in [0.05, 0.1) is 16.8 Å². The van der Waals surface area contributed by atoms with Crippen molar-refractivity contribution >= 4 is 60.5 Å². The Morgan fingerprint density at radius 3 is 1.80 bits per heavy atom. The minimum absolute atomic E-state index is 0.878. The van der Waals surface area contributed by atoms with Gasteiger partial charge in [-0.15, -0.1) is 0 Å². The van der Waals surface area contributed by atoms with Crippen molar-refractivity contribution in [3.05, 3.63) is 176 Å². The summed E-state index contributed by atoms with van der Waals surface area (Å²) in [5, 5.41) is 7.10. The van der Waals surface area contributed by atoms with Gasteiger partial charge in [-0.25, -0.2) is 0 Å². The summed E-state index contributed by atoms with van der Waals surface area (Å²) in [5.41, 5.74) is 9.67. The molecule has 8 aromatic carbocycles. The van der Waals surface area contributed by atoms with Crippen LogP contribution in [0.1, 0.15) is 0 Å². The Labute approximate surface area is 267 Å². The molecule has 0 fully saturated rings. The molecule has 0 aliphatic carbocycles. The van der Waals surface area contributed by atoms with E-state index in [-0.39, 0.29) is 0 Å². The van der Waals surface area contributed by atoms with E-state index in [9.17, 15) is 0 Å². The van der Waals surface area contributed by atoms with Crippen LogP contribution in [0, 0.1) is 0 Å². The summed E-state index contributed by atoms with van der Waals surface area (Å²) in [6.07, 6.45) is 0. The van der Waals surface area contributed by atoms with Crippen LogP contribution >= 0.6 is 0 Å². The number of hydrogen-bond donors (Lipinski definition) is 0. The molecule has 0 atom stereocenters. The molecule has 0 aliphatic heterocycles. The van der Waals surface area contributed by atoms with Crippen LogP contribution in [0.25, 0.3) is 65.7 Å². The summed E-state index contributed by atoms with van der Waals surface area (Å²) < 4.78 is 6.75. The quantitative estimate of drug-likeness (QED) is 0.186. The second-order valence-corrected chi connectivity index (χ2v) is 11.7. The number of rotatable bonds is 5. The van der Waals surface area contributed by atoms with Crippen molar-refractivity contribution in [1.29, 1.82) is 0 Å². The highest BCUT2D eigenvalue weighted by Gasteiger charge is 2.23. The predicted molar refractivity (Wildman–Crippen MR) is 194 cm³/mol. The lowest BCUT2D eigenvalue weighted by atomic mass is 9.96. The molecule has 0 spiro atoms. The molecule has 1 aromatic heterocycles. The molecule has 0 amide bonds. The van der Waals surface area contributed by atoms with Gasteiger partial charge in [0.1, 0.15) is 11.2 Å². The monoisotopic (exact) mass is 587 g/mol. The smallest absolute Gasteiger partial charge is 0.145 e. The molecule has 46 heavy (non-hydrogen) atoms. The van der Waals surface area contributed by atoms with Crippen LogP contribution in [0.4, 0.5) is 17.1 Å². The van der Waals surface area contributed by atoms with Gasteiger partial charge in [-0.1, -0.05) is 140 Å². The fourth-order valence-electron chi connectivity index (χ4n) is 6.91. The Morgan fingerprint density at radius 2 is 0.978 bits per heavy atom. The van der Waals surface area contributed by atoms with Crippen molar-refractivity contribution in [3.8, 4) is 22.3 Å². The van der Waals surface area contributed by atoms with E-state index in [0.29, 0.717) is 0 Å². The lowest BCUT2D eigenvalue weighted by Crippen LogP contribution is -2.11. The van der Waals surface area contributed by atoms with E-state index in [1.807, 2.05) is 6.07 Å². The number of anilines is 3.